The average Bonchev–Trinajstić information content (AvgIpc) is 2.58. The molecule has 0 fully saturated rings. The summed E-state index contributed by atoms with van der Waals surface area (Å²) in [6, 6.07) is 6.13. The van der Waals surface area contributed by atoms with E-state index in [1.807, 2.05) is 20.8 Å². The van der Waals surface area contributed by atoms with E-state index in [9.17, 15) is 18.0 Å². The Labute approximate surface area is 164 Å². The third kappa shape index (κ3) is 3.80. The van der Waals surface area contributed by atoms with E-state index in [0.29, 0.717) is 5.75 Å². The maximum Gasteiger partial charge on any atom is 0.430 e. The average molecular weight is 413 g/mol. The largest absolute Gasteiger partial charge is 0.478 e. The standard InChI is InChI=1S/C20H16ClF3O4/c1-9-4-13(5-10(2)11(9)3)27-17-8-16-12(7-15(17)21)6-14(19(25)26)18(28-16)20(22,23)24/h4-8,18H,1-3H3,(H,25,26). The second-order valence-electron chi connectivity index (χ2n) is 6.55. The van der Waals surface area contributed by atoms with Gasteiger partial charge in [-0.2, -0.15) is 13.2 Å². The number of carbonyl (C=O) groups is 1. The topological polar surface area (TPSA) is 55.8 Å². The van der Waals surface area contributed by atoms with Crippen molar-refractivity contribution in [1.82, 2.24) is 0 Å². The van der Waals surface area contributed by atoms with Crippen molar-refractivity contribution >= 4 is 23.6 Å². The molecule has 0 aliphatic carbocycles. The Morgan fingerprint density at radius 3 is 2.29 bits per heavy atom. The van der Waals surface area contributed by atoms with Crippen LogP contribution in [0.2, 0.25) is 5.02 Å². The molecule has 0 spiro atoms. The Morgan fingerprint density at radius 2 is 1.75 bits per heavy atom. The smallest absolute Gasteiger partial charge is 0.430 e. The first-order chi connectivity index (χ1) is 13.0. The summed E-state index contributed by atoms with van der Waals surface area (Å²) in [5.41, 5.74) is 2.31. The molecule has 0 saturated heterocycles. The number of alkyl halides is 3. The maximum atomic E-state index is 13.2. The van der Waals surface area contributed by atoms with Gasteiger partial charge in [-0.1, -0.05) is 11.6 Å². The van der Waals surface area contributed by atoms with Crippen molar-refractivity contribution < 1.29 is 32.5 Å². The van der Waals surface area contributed by atoms with Crippen LogP contribution in [-0.4, -0.2) is 23.4 Å². The lowest BCUT2D eigenvalue weighted by molar-refractivity contribution is -0.187. The molecule has 28 heavy (non-hydrogen) atoms. The molecule has 2 aromatic rings. The summed E-state index contributed by atoms with van der Waals surface area (Å²) in [6.45, 7) is 5.80. The van der Waals surface area contributed by atoms with Crippen LogP contribution < -0.4 is 9.47 Å². The quantitative estimate of drug-likeness (QED) is 0.687. The van der Waals surface area contributed by atoms with Gasteiger partial charge >= 0.3 is 12.1 Å². The lowest BCUT2D eigenvalue weighted by Crippen LogP contribution is -2.40. The van der Waals surface area contributed by atoms with Crippen LogP contribution in [0.5, 0.6) is 17.2 Å². The number of fused-ring (bicyclic) bond motifs is 1. The molecule has 1 N–H and O–H groups in total. The van der Waals surface area contributed by atoms with E-state index in [-0.39, 0.29) is 22.1 Å². The third-order valence-corrected chi connectivity index (χ3v) is 4.87. The van der Waals surface area contributed by atoms with Crippen LogP contribution >= 0.6 is 11.6 Å². The first-order valence-corrected chi connectivity index (χ1v) is 8.62. The second-order valence-corrected chi connectivity index (χ2v) is 6.96. The molecule has 1 atom stereocenters. The number of hydrogen-bond acceptors (Lipinski definition) is 3. The molecule has 148 valence electrons. The van der Waals surface area contributed by atoms with E-state index < -0.39 is 23.8 Å². The number of carboxylic acids is 1. The Balaban J connectivity index is 2.02. The number of carboxylic acid groups (broad SMARTS) is 1. The van der Waals surface area contributed by atoms with Gasteiger partial charge in [0.1, 0.15) is 17.2 Å². The van der Waals surface area contributed by atoms with Crippen molar-refractivity contribution in [3.63, 3.8) is 0 Å². The number of rotatable bonds is 3. The molecule has 3 rings (SSSR count). The number of aryl methyl sites for hydroxylation is 2. The van der Waals surface area contributed by atoms with Gasteiger partial charge in [-0.25, -0.2) is 4.79 Å². The molecule has 2 aromatic carbocycles. The minimum atomic E-state index is -4.88. The zero-order chi connectivity index (χ0) is 20.8. The summed E-state index contributed by atoms with van der Waals surface area (Å²) in [4.78, 5) is 11.2. The van der Waals surface area contributed by atoms with E-state index in [1.54, 1.807) is 12.1 Å². The Kier molecular flexibility index (Phi) is 5.06. The predicted octanol–water partition coefficient (Wildman–Crippen LogP) is 5.85. The van der Waals surface area contributed by atoms with Crippen LogP contribution in [0.4, 0.5) is 13.2 Å². The fourth-order valence-corrected chi connectivity index (χ4v) is 3.09. The summed E-state index contributed by atoms with van der Waals surface area (Å²) >= 11 is 6.20. The Morgan fingerprint density at radius 1 is 1.14 bits per heavy atom. The number of halogens is 4. The first-order valence-electron chi connectivity index (χ1n) is 8.25. The number of ether oxygens (including phenoxy) is 2. The summed E-state index contributed by atoms with van der Waals surface area (Å²) < 4.78 is 50.4. The van der Waals surface area contributed by atoms with Crippen molar-refractivity contribution in [1.29, 1.82) is 0 Å². The summed E-state index contributed by atoms with van der Waals surface area (Å²) in [5.74, 6) is -1.29. The highest BCUT2D eigenvalue weighted by molar-refractivity contribution is 6.32. The van der Waals surface area contributed by atoms with Crippen molar-refractivity contribution in [3.05, 3.63) is 57.1 Å². The van der Waals surface area contributed by atoms with E-state index in [1.165, 1.54) is 12.1 Å². The lowest BCUT2D eigenvalue weighted by Gasteiger charge is -2.27. The Bertz CT molecular complexity index is 973. The molecule has 8 heteroatoms. The highest BCUT2D eigenvalue weighted by Gasteiger charge is 2.48. The van der Waals surface area contributed by atoms with E-state index in [0.717, 1.165) is 22.8 Å². The fourth-order valence-electron chi connectivity index (χ4n) is 2.88. The van der Waals surface area contributed by atoms with Gasteiger partial charge < -0.3 is 14.6 Å². The molecular formula is C20H16ClF3O4. The summed E-state index contributed by atoms with van der Waals surface area (Å²) in [5, 5.41) is 9.20. The number of aliphatic carboxylic acids is 1. The molecule has 1 aliphatic heterocycles. The summed E-state index contributed by atoms with van der Waals surface area (Å²) in [7, 11) is 0. The summed E-state index contributed by atoms with van der Waals surface area (Å²) in [6.07, 6.45) is -6.54. The zero-order valence-electron chi connectivity index (χ0n) is 15.1. The Hall–Kier alpha value is -2.67. The number of hydrogen-bond donors (Lipinski definition) is 1. The SMILES string of the molecule is Cc1cc(Oc2cc3c(cc2Cl)C=C(C(=O)O)C(C(F)(F)F)O3)cc(C)c1C. The molecule has 1 aliphatic rings. The van der Waals surface area contributed by atoms with Crippen molar-refractivity contribution in [3.8, 4) is 17.2 Å². The van der Waals surface area contributed by atoms with Crippen molar-refractivity contribution in [2.45, 2.75) is 33.1 Å². The van der Waals surface area contributed by atoms with Crippen molar-refractivity contribution in [2.75, 3.05) is 0 Å². The van der Waals surface area contributed by atoms with Gasteiger partial charge in [-0.05, 0) is 61.7 Å². The lowest BCUT2D eigenvalue weighted by atomic mass is 10.0. The molecule has 0 aromatic heterocycles. The van der Waals surface area contributed by atoms with Crippen LogP contribution in [0.25, 0.3) is 6.08 Å². The van der Waals surface area contributed by atoms with Crippen molar-refractivity contribution in [2.24, 2.45) is 0 Å². The van der Waals surface area contributed by atoms with Gasteiger partial charge in [0.2, 0.25) is 6.10 Å². The van der Waals surface area contributed by atoms with Gasteiger partial charge in [0, 0.05) is 11.6 Å². The van der Waals surface area contributed by atoms with E-state index in [2.05, 4.69) is 0 Å². The van der Waals surface area contributed by atoms with Crippen LogP contribution in [0.3, 0.4) is 0 Å². The molecule has 0 saturated carbocycles. The minimum absolute atomic E-state index is 0.108. The maximum absolute atomic E-state index is 13.2. The molecule has 1 heterocycles. The van der Waals surface area contributed by atoms with Crippen LogP contribution in [0.15, 0.2) is 29.8 Å². The van der Waals surface area contributed by atoms with E-state index in [4.69, 9.17) is 26.2 Å². The molecular weight excluding hydrogens is 397 g/mol. The normalized spacial score (nSPS) is 16.1. The van der Waals surface area contributed by atoms with Gasteiger partial charge in [0.05, 0.1) is 10.6 Å². The predicted molar refractivity (Wildman–Crippen MR) is 98.3 cm³/mol. The van der Waals surface area contributed by atoms with Crippen LogP contribution in [-0.2, 0) is 4.79 Å². The molecule has 0 amide bonds. The highest BCUT2D eigenvalue weighted by atomic mass is 35.5. The third-order valence-electron chi connectivity index (χ3n) is 4.58. The van der Waals surface area contributed by atoms with Gasteiger partial charge in [-0.3, -0.25) is 0 Å². The van der Waals surface area contributed by atoms with Gasteiger partial charge in [0.15, 0.2) is 0 Å². The van der Waals surface area contributed by atoms with Crippen LogP contribution in [0.1, 0.15) is 22.3 Å². The molecule has 0 bridgehead atoms. The van der Waals surface area contributed by atoms with Gasteiger partial charge in [0.25, 0.3) is 0 Å². The van der Waals surface area contributed by atoms with Gasteiger partial charge in [-0.15, -0.1) is 0 Å². The zero-order valence-corrected chi connectivity index (χ0v) is 15.9. The monoisotopic (exact) mass is 412 g/mol. The molecule has 4 nitrogen and oxygen atoms in total. The molecule has 1 unspecified atom stereocenters. The first kappa shape index (κ1) is 20.1. The molecule has 0 radical (unpaired) electrons. The fraction of sp³-hybridized carbons (Fsp3) is 0.250. The van der Waals surface area contributed by atoms with E-state index >= 15 is 0 Å². The number of benzene rings is 2. The highest BCUT2D eigenvalue weighted by Crippen LogP contribution is 2.42. The second kappa shape index (κ2) is 7.05. The minimum Gasteiger partial charge on any atom is -0.478 e. The van der Waals surface area contributed by atoms with Crippen LogP contribution in [0, 0.1) is 20.8 Å².